The van der Waals surface area contributed by atoms with Crippen LogP contribution in [-0.4, -0.2) is 8.75 Å². The lowest BCUT2D eigenvalue weighted by Gasteiger charge is -1.96. The topological polar surface area (TPSA) is 56.0 Å². The number of furan rings is 1. The highest BCUT2D eigenvalue weighted by molar-refractivity contribution is 7.13. The van der Waals surface area contributed by atoms with E-state index < -0.39 is 0 Å². The zero-order valence-corrected chi connectivity index (χ0v) is 10.1. The Bertz CT molecular complexity index is 616. The third-order valence-corrected chi connectivity index (χ3v) is 3.61. The molecular weight excluding hydrogens is 256 g/mol. The van der Waals surface area contributed by atoms with Gasteiger partial charge in [-0.2, -0.15) is 8.75 Å². The molecule has 0 radical (unpaired) electrons. The Labute approximate surface area is 105 Å². The molecule has 0 amide bonds. The van der Waals surface area contributed by atoms with Crippen molar-refractivity contribution in [1.82, 2.24) is 8.75 Å². The fraction of sp³-hybridized carbons (Fsp3) is 0. The molecule has 0 aromatic carbocycles. The Morgan fingerprint density at radius 1 is 1.12 bits per heavy atom. The summed E-state index contributed by atoms with van der Waals surface area (Å²) in [5.41, 5.74) is 0.561. The summed E-state index contributed by atoms with van der Waals surface area (Å²) < 4.78 is 13.3. The Kier molecular flexibility index (Phi) is 2.58. The smallest absolute Gasteiger partial charge is 0.237 e. The van der Waals surface area contributed by atoms with Crippen molar-refractivity contribution < 1.29 is 4.42 Å². The molecule has 0 atom stereocenters. The maximum absolute atomic E-state index is 12.2. The third kappa shape index (κ3) is 1.81. The van der Waals surface area contributed by atoms with E-state index in [2.05, 4.69) is 8.75 Å². The minimum Gasteiger partial charge on any atom is -0.463 e. The van der Waals surface area contributed by atoms with Crippen molar-refractivity contribution in [2.45, 2.75) is 0 Å². The number of aromatic nitrogens is 2. The lowest BCUT2D eigenvalue weighted by atomic mass is 10.2. The monoisotopic (exact) mass is 262 g/mol. The van der Waals surface area contributed by atoms with E-state index in [9.17, 15) is 4.79 Å². The Morgan fingerprint density at radius 3 is 2.71 bits per heavy atom. The van der Waals surface area contributed by atoms with Crippen molar-refractivity contribution in [3.05, 3.63) is 46.1 Å². The number of thiophene rings is 1. The van der Waals surface area contributed by atoms with Gasteiger partial charge < -0.3 is 4.42 Å². The van der Waals surface area contributed by atoms with Crippen molar-refractivity contribution in [3.63, 3.8) is 0 Å². The number of hydrogen-bond donors (Lipinski definition) is 0. The second-order valence-corrected chi connectivity index (χ2v) is 4.72. The molecule has 3 aromatic rings. The van der Waals surface area contributed by atoms with Gasteiger partial charge in [-0.1, -0.05) is 6.07 Å². The zero-order chi connectivity index (χ0) is 11.7. The molecule has 4 nitrogen and oxygen atoms in total. The molecule has 0 aliphatic rings. The fourth-order valence-corrected chi connectivity index (χ4v) is 2.76. The summed E-state index contributed by atoms with van der Waals surface area (Å²) >= 11 is 2.50. The SMILES string of the molecule is O=c1c(-c2ccco2)nsnc1-c1cccs1. The van der Waals surface area contributed by atoms with Crippen LogP contribution in [0.1, 0.15) is 0 Å². The lowest BCUT2D eigenvalue weighted by molar-refractivity contribution is 0.580. The van der Waals surface area contributed by atoms with E-state index in [1.165, 1.54) is 17.6 Å². The number of hydrogen-bond acceptors (Lipinski definition) is 6. The second-order valence-electron chi connectivity index (χ2n) is 3.25. The average molecular weight is 262 g/mol. The molecule has 0 unspecified atom stereocenters. The highest BCUT2D eigenvalue weighted by Crippen LogP contribution is 2.22. The van der Waals surface area contributed by atoms with Gasteiger partial charge in [0.25, 0.3) is 0 Å². The first-order chi connectivity index (χ1) is 8.36. The summed E-state index contributed by atoms with van der Waals surface area (Å²) in [6.45, 7) is 0. The maximum atomic E-state index is 12.2. The van der Waals surface area contributed by atoms with E-state index in [-0.39, 0.29) is 5.43 Å². The van der Waals surface area contributed by atoms with Crippen LogP contribution in [0.15, 0.2) is 45.1 Å². The fourth-order valence-electron chi connectivity index (χ4n) is 1.44. The van der Waals surface area contributed by atoms with Gasteiger partial charge in [-0.25, -0.2) is 0 Å². The van der Waals surface area contributed by atoms with Gasteiger partial charge in [0, 0.05) is 0 Å². The Hall–Kier alpha value is -1.79. The van der Waals surface area contributed by atoms with Crippen molar-refractivity contribution in [1.29, 1.82) is 0 Å². The molecule has 3 aromatic heterocycles. The highest BCUT2D eigenvalue weighted by Gasteiger charge is 2.14. The minimum atomic E-state index is -0.193. The van der Waals surface area contributed by atoms with Crippen molar-refractivity contribution in [2.75, 3.05) is 0 Å². The van der Waals surface area contributed by atoms with E-state index in [0.717, 1.165) is 16.6 Å². The Morgan fingerprint density at radius 2 is 2.00 bits per heavy atom. The highest BCUT2D eigenvalue weighted by atomic mass is 32.1. The van der Waals surface area contributed by atoms with Crippen LogP contribution in [-0.2, 0) is 0 Å². The van der Waals surface area contributed by atoms with E-state index >= 15 is 0 Å². The average Bonchev–Trinajstić information content (AvgIpc) is 3.02. The summed E-state index contributed by atoms with van der Waals surface area (Å²) in [4.78, 5) is 13.0. The van der Waals surface area contributed by atoms with E-state index in [1.54, 1.807) is 12.1 Å². The normalized spacial score (nSPS) is 10.6. The molecule has 0 fully saturated rings. The third-order valence-electron chi connectivity index (χ3n) is 2.20. The van der Waals surface area contributed by atoms with E-state index in [1.807, 2.05) is 17.5 Å². The quantitative estimate of drug-likeness (QED) is 0.712. The van der Waals surface area contributed by atoms with Crippen LogP contribution in [0.5, 0.6) is 0 Å². The van der Waals surface area contributed by atoms with Crippen LogP contribution >= 0.6 is 23.1 Å². The molecule has 0 aliphatic heterocycles. The van der Waals surface area contributed by atoms with Gasteiger partial charge in [-0.3, -0.25) is 4.79 Å². The maximum Gasteiger partial charge on any atom is 0.237 e. The van der Waals surface area contributed by atoms with Crippen LogP contribution in [0.2, 0.25) is 0 Å². The molecule has 0 bridgehead atoms. The summed E-state index contributed by atoms with van der Waals surface area (Å²) in [6.07, 6.45) is 1.52. The van der Waals surface area contributed by atoms with E-state index in [0.29, 0.717) is 17.1 Å². The van der Waals surface area contributed by atoms with Crippen LogP contribution in [0, 0.1) is 0 Å². The number of nitrogens with zero attached hydrogens (tertiary/aromatic N) is 2. The largest absolute Gasteiger partial charge is 0.463 e. The summed E-state index contributed by atoms with van der Waals surface area (Å²) in [5, 5.41) is 1.91. The molecular formula is C11H6N2O2S2. The molecule has 0 saturated carbocycles. The standard InChI is InChI=1S/C11H6N2O2S2/c14-11-9(7-3-1-5-15-7)12-17-13-10(11)8-4-2-6-16-8/h1-6H. The minimum absolute atomic E-state index is 0.193. The first-order valence-corrected chi connectivity index (χ1v) is 6.42. The van der Waals surface area contributed by atoms with Gasteiger partial charge in [0.15, 0.2) is 11.5 Å². The molecule has 84 valence electrons. The second kappa shape index (κ2) is 4.23. The van der Waals surface area contributed by atoms with Crippen LogP contribution < -0.4 is 5.43 Å². The predicted octanol–water partition coefficient (Wildman–Crippen LogP) is 2.89. The Balaban J connectivity index is 2.21. The molecule has 0 spiro atoms. The van der Waals surface area contributed by atoms with Gasteiger partial charge >= 0.3 is 0 Å². The van der Waals surface area contributed by atoms with Gasteiger partial charge in [0.2, 0.25) is 5.43 Å². The summed E-state index contributed by atoms with van der Waals surface area (Å²) in [5.74, 6) is 0.478. The molecule has 3 rings (SSSR count). The van der Waals surface area contributed by atoms with Crippen LogP contribution in [0.25, 0.3) is 22.0 Å². The number of rotatable bonds is 2. The van der Waals surface area contributed by atoms with Crippen molar-refractivity contribution in [3.8, 4) is 22.0 Å². The first kappa shape index (κ1) is 10.4. The van der Waals surface area contributed by atoms with E-state index in [4.69, 9.17) is 4.42 Å². The molecule has 6 heteroatoms. The van der Waals surface area contributed by atoms with Gasteiger partial charge in [-0.05, 0) is 23.6 Å². The molecule has 0 N–H and O–H groups in total. The molecule has 0 aliphatic carbocycles. The zero-order valence-electron chi connectivity index (χ0n) is 8.49. The lowest BCUT2D eigenvalue weighted by Crippen LogP contribution is -2.09. The molecule has 3 heterocycles. The van der Waals surface area contributed by atoms with Gasteiger partial charge in [-0.15, -0.1) is 11.3 Å². The van der Waals surface area contributed by atoms with Crippen LogP contribution in [0.4, 0.5) is 0 Å². The first-order valence-electron chi connectivity index (χ1n) is 4.81. The molecule has 0 saturated heterocycles. The van der Waals surface area contributed by atoms with Gasteiger partial charge in [0.1, 0.15) is 5.69 Å². The van der Waals surface area contributed by atoms with Crippen LogP contribution in [0.3, 0.4) is 0 Å². The predicted molar refractivity (Wildman–Crippen MR) is 67.2 cm³/mol. The van der Waals surface area contributed by atoms with Crippen molar-refractivity contribution >= 4 is 23.1 Å². The van der Waals surface area contributed by atoms with Crippen molar-refractivity contribution in [2.24, 2.45) is 0 Å². The van der Waals surface area contributed by atoms with Gasteiger partial charge in [0.05, 0.1) is 22.9 Å². The summed E-state index contributed by atoms with van der Waals surface area (Å²) in [7, 11) is 0. The molecule has 17 heavy (non-hydrogen) atoms. The summed E-state index contributed by atoms with van der Waals surface area (Å²) in [6, 6.07) is 7.20.